The third-order valence-corrected chi connectivity index (χ3v) is 6.12. The Labute approximate surface area is 162 Å². The molecule has 6 heteroatoms. The third-order valence-electron chi connectivity index (χ3n) is 4.94. The molecule has 146 valence electrons. The number of sulfonamides is 1. The molecule has 2 rings (SSSR count). The SMILES string of the molecule is CC[C@H](C(=O)Nc1cccc(C)c1C)N(c1ccc(C)c(C)c1)S(C)(=O)=O. The summed E-state index contributed by atoms with van der Waals surface area (Å²) in [6, 6.07) is 10.3. The Morgan fingerprint density at radius 2 is 1.70 bits per heavy atom. The molecular weight excluding hydrogens is 360 g/mol. The van der Waals surface area contributed by atoms with E-state index in [1.54, 1.807) is 6.07 Å². The molecule has 0 heterocycles. The van der Waals surface area contributed by atoms with Gasteiger partial charge >= 0.3 is 0 Å². The molecule has 0 aliphatic rings. The average molecular weight is 389 g/mol. The summed E-state index contributed by atoms with van der Waals surface area (Å²) in [6.45, 7) is 9.61. The quantitative estimate of drug-likeness (QED) is 0.810. The zero-order chi connectivity index (χ0) is 20.4. The van der Waals surface area contributed by atoms with Crippen LogP contribution in [0.1, 0.15) is 35.6 Å². The molecule has 0 spiro atoms. The normalized spacial score (nSPS) is 12.5. The third kappa shape index (κ3) is 4.69. The first-order valence-electron chi connectivity index (χ1n) is 9.00. The van der Waals surface area contributed by atoms with Crippen LogP contribution < -0.4 is 9.62 Å². The van der Waals surface area contributed by atoms with Crippen molar-refractivity contribution in [3.05, 3.63) is 58.7 Å². The maximum Gasteiger partial charge on any atom is 0.248 e. The Morgan fingerprint density at radius 1 is 1.04 bits per heavy atom. The Kier molecular flexibility index (Phi) is 6.31. The van der Waals surface area contributed by atoms with Crippen molar-refractivity contribution in [1.29, 1.82) is 0 Å². The van der Waals surface area contributed by atoms with Crippen molar-refractivity contribution in [1.82, 2.24) is 0 Å². The number of nitrogens with one attached hydrogen (secondary N) is 1. The molecule has 0 saturated carbocycles. The molecule has 0 aliphatic heterocycles. The molecular formula is C21H28N2O3S. The molecule has 0 fully saturated rings. The summed E-state index contributed by atoms with van der Waals surface area (Å²) in [7, 11) is -3.64. The first kappa shape index (κ1) is 21.0. The highest BCUT2D eigenvalue weighted by Gasteiger charge is 2.31. The van der Waals surface area contributed by atoms with Crippen LogP contribution in [0.5, 0.6) is 0 Å². The Hall–Kier alpha value is -2.34. The van der Waals surface area contributed by atoms with Gasteiger partial charge in [-0.05, 0) is 74.6 Å². The molecule has 0 aliphatic carbocycles. The minimum atomic E-state index is -3.64. The van der Waals surface area contributed by atoms with Crippen LogP contribution in [0.3, 0.4) is 0 Å². The van der Waals surface area contributed by atoms with E-state index in [1.807, 2.05) is 65.0 Å². The largest absolute Gasteiger partial charge is 0.324 e. The highest BCUT2D eigenvalue weighted by Crippen LogP contribution is 2.26. The first-order chi connectivity index (χ1) is 12.6. The standard InChI is InChI=1S/C21H28N2O3S/c1-7-20(21(24)22-19-10-8-9-15(3)17(19)5)23(27(6,25)26)18-12-11-14(2)16(4)13-18/h8-13,20H,7H2,1-6H3,(H,22,24)/t20-/m1/s1. The van der Waals surface area contributed by atoms with Gasteiger partial charge in [0.1, 0.15) is 6.04 Å². The summed E-state index contributed by atoms with van der Waals surface area (Å²) >= 11 is 0. The molecule has 0 aromatic heterocycles. The molecule has 5 nitrogen and oxygen atoms in total. The minimum Gasteiger partial charge on any atom is -0.324 e. The number of carbonyl (C=O) groups is 1. The smallest absolute Gasteiger partial charge is 0.248 e. The number of benzene rings is 2. The van der Waals surface area contributed by atoms with Crippen molar-refractivity contribution in [3.8, 4) is 0 Å². The van der Waals surface area contributed by atoms with E-state index in [1.165, 1.54) is 4.31 Å². The van der Waals surface area contributed by atoms with Gasteiger partial charge in [0.2, 0.25) is 15.9 Å². The lowest BCUT2D eigenvalue weighted by Gasteiger charge is -2.30. The van der Waals surface area contributed by atoms with Crippen LogP contribution in [0, 0.1) is 27.7 Å². The number of hydrogen-bond acceptors (Lipinski definition) is 3. The molecule has 0 unspecified atom stereocenters. The van der Waals surface area contributed by atoms with Gasteiger partial charge in [0.25, 0.3) is 0 Å². The lowest BCUT2D eigenvalue weighted by atomic mass is 10.1. The van der Waals surface area contributed by atoms with Crippen molar-refractivity contribution in [3.63, 3.8) is 0 Å². The van der Waals surface area contributed by atoms with Crippen LogP contribution >= 0.6 is 0 Å². The number of rotatable bonds is 6. The van der Waals surface area contributed by atoms with Crippen LogP contribution in [0.15, 0.2) is 36.4 Å². The van der Waals surface area contributed by atoms with E-state index in [2.05, 4.69) is 5.32 Å². The van der Waals surface area contributed by atoms with Crippen molar-refractivity contribution < 1.29 is 13.2 Å². The van der Waals surface area contributed by atoms with E-state index in [-0.39, 0.29) is 5.91 Å². The molecule has 1 amide bonds. The van der Waals surface area contributed by atoms with Gasteiger partial charge in [-0.2, -0.15) is 0 Å². The van der Waals surface area contributed by atoms with E-state index in [9.17, 15) is 13.2 Å². The zero-order valence-corrected chi connectivity index (χ0v) is 17.6. The molecule has 2 aromatic carbocycles. The zero-order valence-electron chi connectivity index (χ0n) is 16.8. The predicted octanol–water partition coefficient (Wildman–Crippen LogP) is 4.10. The monoisotopic (exact) mass is 388 g/mol. The lowest BCUT2D eigenvalue weighted by molar-refractivity contribution is -0.117. The lowest BCUT2D eigenvalue weighted by Crippen LogP contribution is -2.47. The van der Waals surface area contributed by atoms with E-state index in [4.69, 9.17) is 0 Å². The number of nitrogens with zero attached hydrogens (tertiary/aromatic N) is 1. The van der Waals surface area contributed by atoms with Gasteiger partial charge in [-0.15, -0.1) is 0 Å². The van der Waals surface area contributed by atoms with E-state index < -0.39 is 16.1 Å². The summed E-state index contributed by atoms with van der Waals surface area (Å²) in [5.41, 5.74) is 5.29. The summed E-state index contributed by atoms with van der Waals surface area (Å²) in [4.78, 5) is 13.0. The van der Waals surface area contributed by atoms with Crippen LogP contribution in [-0.2, 0) is 14.8 Å². The molecule has 2 aromatic rings. The van der Waals surface area contributed by atoms with Crippen LogP contribution in [0.4, 0.5) is 11.4 Å². The van der Waals surface area contributed by atoms with Crippen molar-refractivity contribution in [2.24, 2.45) is 0 Å². The Morgan fingerprint density at radius 3 is 2.26 bits per heavy atom. The van der Waals surface area contributed by atoms with E-state index >= 15 is 0 Å². The first-order valence-corrected chi connectivity index (χ1v) is 10.8. The fraction of sp³-hybridized carbons (Fsp3) is 0.381. The van der Waals surface area contributed by atoms with E-state index in [0.29, 0.717) is 17.8 Å². The highest BCUT2D eigenvalue weighted by atomic mass is 32.2. The molecule has 0 saturated heterocycles. The van der Waals surface area contributed by atoms with Gasteiger partial charge in [0.05, 0.1) is 11.9 Å². The Balaban J connectivity index is 2.44. The topological polar surface area (TPSA) is 66.5 Å². The maximum atomic E-state index is 13.0. The second-order valence-electron chi connectivity index (χ2n) is 6.99. The van der Waals surface area contributed by atoms with Gasteiger partial charge in [-0.1, -0.05) is 25.1 Å². The molecule has 0 radical (unpaired) electrons. The molecule has 1 N–H and O–H groups in total. The molecule has 27 heavy (non-hydrogen) atoms. The van der Waals surface area contributed by atoms with Gasteiger partial charge < -0.3 is 5.32 Å². The number of aryl methyl sites for hydroxylation is 3. The number of carbonyl (C=O) groups excluding carboxylic acids is 1. The number of anilines is 2. The molecule has 0 bridgehead atoms. The van der Waals surface area contributed by atoms with Gasteiger partial charge in [0.15, 0.2) is 0 Å². The highest BCUT2D eigenvalue weighted by molar-refractivity contribution is 7.92. The summed E-state index contributed by atoms with van der Waals surface area (Å²) in [5.74, 6) is -0.338. The van der Waals surface area contributed by atoms with E-state index in [0.717, 1.165) is 28.5 Å². The van der Waals surface area contributed by atoms with Crippen LogP contribution in [0.25, 0.3) is 0 Å². The Bertz CT molecular complexity index is 952. The second kappa shape index (κ2) is 8.13. The van der Waals surface area contributed by atoms with Crippen LogP contribution in [-0.4, -0.2) is 26.6 Å². The summed E-state index contributed by atoms with van der Waals surface area (Å²) in [5, 5.41) is 2.91. The summed E-state index contributed by atoms with van der Waals surface area (Å²) < 4.78 is 26.3. The van der Waals surface area contributed by atoms with Crippen LogP contribution in [0.2, 0.25) is 0 Å². The van der Waals surface area contributed by atoms with Crippen molar-refractivity contribution >= 4 is 27.3 Å². The number of hydrogen-bond donors (Lipinski definition) is 1. The van der Waals surface area contributed by atoms with Crippen molar-refractivity contribution in [2.45, 2.75) is 47.1 Å². The average Bonchev–Trinajstić information content (AvgIpc) is 2.58. The van der Waals surface area contributed by atoms with Crippen molar-refractivity contribution in [2.75, 3.05) is 15.9 Å². The molecule has 1 atom stereocenters. The fourth-order valence-corrected chi connectivity index (χ4v) is 4.23. The summed E-state index contributed by atoms with van der Waals surface area (Å²) in [6.07, 6.45) is 1.49. The minimum absolute atomic E-state index is 0.338. The van der Waals surface area contributed by atoms with Gasteiger partial charge in [0, 0.05) is 5.69 Å². The number of amides is 1. The maximum absolute atomic E-state index is 13.0. The van der Waals surface area contributed by atoms with Gasteiger partial charge in [-0.3, -0.25) is 9.10 Å². The van der Waals surface area contributed by atoms with Gasteiger partial charge in [-0.25, -0.2) is 8.42 Å². The second-order valence-corrected chi connectivity index (χ2v) is 8.85. The predicted molar refractivity (Wildman–Crippen MR) is 112 cm³/mol. The fourth-order valence-electron chi connectivity index (χ4n) is 3.03.